The van der Waals surface area contributed by atoms with Gasteiger partial charge in [0.05, 0.1) is 6.54 Å². The van der Waals surface area contributed by atoms with E-state index in [9.17, 15) is 9.59 Å². The molecule has 1 amide bonds. The fourth-order valence-corrected chi connectivity index (χ4v) is 1.05. The number of rotatable bonds is 7. The van der Waals surface area contributed by atoms with E-state index in [0.717, 1.165) is 12.8 Å². The van der Waals surface area contributed by atoms with Crippen molar-refractivity contribution >= 4 is 11.9 Å². The van der Waals surface area contributed by atoms with Gasteiger partial charge in [-0.25, -0.2) is 0 Å². The second-order valence-electron chi connectivity index (χ2n) is 3.06. The molecule has 0 aliphatic rings. The van der Waals surface area contributed by atoms with Gasteiger partial charge in [-0.15, -0.1) is 0 Å². The molecule has 0 heterocycles. The van der Waals surface area contributed by atoms with E-state index >= 15 is 0 Å². The van der Waals surface area contributed by atoms with E-state index in [1.54, 1.807) is 0 Å². The Bertz CT molecular complexity index is 190. The maximum absolute atomic E-state index is 11.0. The molecule has 0 rings (SSSR count). The fraction of sp³-hybridized carbons (Fsp3) is 0.778. The van der Waals surface area contributed by atoms with Crippen molar-refractivity contribution in [2.24, 2.45) is 0 Å². The maximum atomic E-state index is 11.0. The first-order valence-electron chi connectivity index (χ1n) is 4.82. The summed E-state index contributed by atoms with van der Waals surface area (Å²) in [6.07, 6.45) is 1.92. The molecule has 0 aliphatic heterocycles. The normalized spacial score (nSPS) is 10.2. The van der Waals surface area contributed by atoms with Gasteiger partial charge in [-0.3, -0.25) is 9.59 Å². The number of nitrogens with one attached hydrogen (secondary N) is 2. The van der Waals surface area contributed by atoms with E-state index in [2.05, 4.69) is 10.6 Å². The highest BCUT2D eigenvalue weighted by Gasteiger charge is 2.06. The Morgan fingerprint density at radius 3 is 2.21 bits per heavy atom. The summed E-state index contributed by atoms with van der Waals surface area (Å²) in [6, 6.07) is 0.325. The zero-order valence-corrected chi connectivity index (χ0v) is 8.67. The summed E-state index contributed by atoms with van der Waals surface area (Å²) in [7, 11) is 0. The maximum Gasteiger partial charge on any atom is 0.322 e. The van der Waals surface area contributed by atoms with Crippen molar-refractivity contribution in [2.45, 2.75) is 32.7 Å². The largest absolute Gasteiger partial charge is 0.480 e. The lowest BCUT2D eigenvalue weighted by Gasteiger charge is -2.13. The van der Waals surface area contributed by atoms with E-state index in [1.165, 1.54) is 0 Å². The van der Waals surface area contributed by atoms with Gasteiger partial charge in [0.1, 0.15) is 6.54 Å². The average Bonchev–Trinajstić information content (AvgIpc) is 2.16. The molecule has 0 bridgehead atoms. The van der Waals surface area contributed by atoms with E-state index in [-0.39, 0.29) is 19.0 Å². The van der Waals surface area contributed by atoms with Crippen LogP contribution in [0.15, 0.2) is 0 Å². The summed E-state index contributed by atoms with van der Waals surface area (Å²) in [5.41, 5.74) is 0. The molecule has 5 nitrogen and oxygen atoms in total. The molecule has 0 radical (unpaired) electrons. The predicted molar refractivity (Wildman–Crippen MR) is 53.0 cm³/mol. The summed E-state index contributed by atoms with van der Waals surface area (Å²) in [5.74, 6) is -1.31. The highest BCUT2D eigenvalue weighted by Crippen LogP contribution is 1.94. The zero-order valence-electron chi connectivity index (χ0n) is 8.67. The molecule has 82 valence electrons. The average molecular weight is 202 g/mol. The fourth-order valence-electron chi connectivity index (χ4n) is 1.05. The van der Waals surface area contributed by atoms with Crippen LogP contribution >= 0.6 is 0 Å². The van der Waals surface area contributed by atoms with Crippen LogP contribution in [0.3, 0.4) is 0 Å². The number of carboxylic acid groups (broad SMARTS) is 1. The number of carboxylic acids is 1. The van der Waals surface area contributed by atoms with Crippen LogP contribution in [0.4, 0.5) is 0 Å². The van der Waals surface area contributed by atoms with Gasteiger partial charge in [0.15, 0.2) is 0 Å². The van der Waals surface area contributed by atoms with Gasteiger partial charge in [0.25, 0.3) is 0 Å². The molecule has 5 heteroatoms. The molecule has 0 spiro atoms. The Balaban J connectivity index is 3.57. The van der Waals surface area contributed by atoms with Crippen LogP contribution in [-0.2, 0) is 9.59 Å². The Hall–Kier alpha value is -1.10. The quantitative estimate of drug-likeness (QED) is 0.541. The molecular weight excluding hydrogens is 184 g/mol. The topological polar surface area (TPSA) is 78.4 Å². The minimum absolute atomic E-state index is 0.180. The number of hydrogen-bond acceptors (Lipinski definition) is 3. The third kappa shape index (κ3) is 6.42. The molecule has 0 aromatic heterocycles. The highest BCUT2D eigenvalue weighted by atomic mass is 16.4. The molecule has 0 unspecified atom stereocenters. The Morgan fingerprint density at radius 2 is 1.79 bits per heavy atom. The lowest BCUT2D eigenvalue weighted by molar-refractivity contribution is -0.137. The molecule has 0 saturated heterocycles. The lowest BCUT2D eigenvalue weighted by Crippen LogP contribution is -2.40. The summed E-state index contributed by atoms with van der Waals surface area (Å²) in [4.78, 5) is 21.2. The van der Waals surface area contributed by atoms with Gasteiger partial charge in [-0.05, 0) is 12.8 Å². The minimum Gasteiger partial charge on any atom is -0.480 e. The minimum atomic E-state index is -1.03. The van der Waals surface area contributed by atoms with Gasteiger partial charge in [-0.1, -0.05) is 13.8 Å². The summed E-state index contributed by atoms with van der Waals surface area (Å²) >= 11 is 0. The molecule has 0 aliphatic carbocycles. The summed E-state index contributed by atoms with van der Waals surface area (Å²) < 4.78 is 0. The number of hydrogen-bond donors (Lipinski definition) is 3. The van der Waals surface area contributed by atoms with Gasteiger partial charge in [-0.2, -0.15) is 0 Å². The Labute approximate surface area is 83.9 Å². The van der Waals surface area contributed by atoms with Gasteiger partial charge in [0, 0.05) is 6.04 Å². The molecule has 0 fully saturated rings. The molecular formula is C9H18N2O3. The molecule has 14 heavy (non-hydrogen) atoms. The van der Waals surface area contributed by atoms with Crippen molar-refractivity contribution in [3.05, 3.63) is 0 Å². The SMILES string of the molecule is CCC(CC)NCC(=O)NCC(=O)O. The van der Waals surface area contributed by atoms with Gasteiger partial charge >= 0.3 is 5.97 Å². The Morgan fingerprint density at radius 1 is 1.21 bits per heavy atom. The van der Waals surface area contributed by atoms with Crippen LogP contribution in [-0.4, -0.2) is 36.1 Å². The molecule has 0 aromatic rings. The van der Waals surface area contributed by atoms with Gasteiger partial charge < -0.3 is 15.7 Å². The van der Waals surface area contributed by atoms with E-state index in [4.69, 9.17) is 5.11 Å². The van der Waals surface area contributed by atoms with Crippen molar-refractivity contribution in [1.82, 2.24) is 10.6 Å². The molecule has 0 saturated carbocycles. The van der Waals surface area contributed by atoms with E-state index in [1.807, 2.05) is 13.8 Å². The first kappa shape index (κ1) is 12.9. The monoisotopic (exact) mass is 202 g/mol. The number of carbonyl (C=O) groups is 2. The van der Waals surface area contributed by atoms with E-state index < -0.39 is 5.97 Å². The molecule has 0 aromatic carbocycles. The van der Waals surface area contributed by atoms with Crippen molar-refractivity contribution in [3.63, 3.8) is 0 Å². The Kier molecular flexibility index (Phi) is 6.74. The van der Waals surface area contributed by atoms with Gasteiger partial charge in [0.2, 0.25) is 5.91 Å². The van der Waals surface area contributed by atoms with Crippen molar-refractivity contribution in [3.8, 4) is 0 Å². The third-order valence-electron chi connectivity index (χ3n) is 1.97. The number of amides is 1. The molecule has 3 N–H and O–H groups in total. The van der Waals surface area contributed by atoms with Crippen LogP contribution in [0.2, 0.25) is 0 Å². The van der Waals surface area contributed by atoms with Crippen molar-refractivity contribution < 1.29 is 14.7 Å². The predicted octanol–water partition coefficient (Wildman–Crippen LogP) is -0.0346. The van der Waals surface area contributed by atoms with Crippen LogP contribution in [0.5, 0.6) is 0 Å². The van der Waals surface area contributed by atoms with E-state index in [0.29, 0.717) is 6.04 Å². The van der Waals surface area contributed by atoms with Crippen LogP contribution in [0, 0.1) is 0 Å². The second-order valence-corrected chi connectivity index (χ2v) is 3.06. The first-order chi connectivity index (χ1) is 6.60. The number of carbonyl (C=O) groups excluding carboxylic acids is 1. The van der Waals surface area contributed by atoms with Crippen molar-refractivity contribution in [2.75, 3.05) is 13.1 Å². The highest BCUT2D eigenvalue weighted by molar-refractivity contribution is 5.82. The second kappa shape index (κ2) is 7.32. The summed E-state index contributed by atoms with van der Waals surface area (Å²) in [5, 5.41) is 13.6. The first-order valence-corrected chi connectivity index (χ1v) is 4.82. The number of aliphatic carboxylic acids is 1. The van der Waals surface area contributed by atoms with Crippen molar-refractivity contribution in [1.29, 1.82) is 0 Å². The third-order valence-corrected chi connectivity index (χ3v) is 1.97. The lowest BCUT2D eigenvalue weighted by atomic mass is 10.2. The van der Waals surface area contributed by atoms with Crippen LogP contribution in [0.1, 0.15) is 26.7 Å². The standard InChI is InChI=1S/C9H18N2O3/c1-3-7(4-2)10-5-8(12)11-6-9(13)14/h7,10H,3-6H2,1-2H3,(H,11,12)(H,13,14). The summed E-state index contributed by atoms with van der Waals surface area (Å²) in [6.45, 7) is 3.94. The van der Waals surface area contributed by atoms with Crippen LogP contribution < -0.4 is 10.6 Å². The zero-order chi connectivity index (χ0) is 11.0. The smallest absolute Gasteiger partial charge is 0.322 e. The van der Waals surface area contributed by atoms with Crippen LogP contribution in [0.25, 0.3) is 0 Å². The molecule has 0 atom stereocenters.